The number of carbonyl (C=O) groups is 1. The van der Waals surface area contributed by atoms with Gasteiger partial charge in [-0.1, -0.05) is 12.8 Å². The molecule has 2 fully saturated rings. The molecule has 1 N–H and O–H groups in total. The zero-order valence-corrected chi connectivity index (χ0v) is 10.1. The minimum Gasteiger partial charge on any atom is -0.466 e. The fraction of sp³-hybridized carbons (Fsp3) is 0.909. The smallest absolute Gasteiger partial charge is 0.311 e. The summed E-state index contributed by atoms with van der Waals surface area (Å²) in [5.41, 5.74) is 0. The van der Waals surface area contributed by atoms with E-state index in [1.807, 2.05) is 18.7 Å². The molecule has 0 aromatic rings. The van der Waals surface area contributed by atoms with E-state index < -0.39 is 0 Å². The molecule has 2 atom stereocenters. The van der Waals surface area contributed by atoms with Gasteiger partial charge in [0, 0.05) is 12.3 Å². The van der Waals surface area contributed by atoms with Crippen molar-refractivity contribution in [3.8, 4) is 0 Å². The van der Waals surface area contributed by atoms with Crippen LogP contribution in [-0.2, 0) is 9.53 Å². The summed E-state index contributed by atoms with van der Waals surface area (Å²) in [5, 5.41) is 3.52. The maximum Gasteiger partial charge on any atom is 0.311 e. The largest absolute Gasteiger partial charge is 0.466 e. The van der Waals surface area contributed by atoms with E-state index in [2.05, 4.69) is 5.32 Å². The molecule has 15 heavy (non-hydrogen) atoms. The Kier molecular flexibility index (Phi) is 3.57. The number of esters is 1. The average Bonchev–Trinajstić information content (AvgIpc) is 2.68. The van der Waals surface area contributed by atoms with Gasteiger partial charge in [0.2, 0.25) is 0 Å². The lowest BCUT2D eigenvalue weighted by Gasteiger charge is -2.39. The third-order valence-electron chi connectivity index (χ3n) is 3.31. The van der Waals surface area contributed by atoms with E-state index in [0.717, 1.165) is 31.6 Å². The molecule has 0 radical (unpaired) electrons. The van der Waals surface area contributed by atoms with Crippen molar-refractivity contribution in [1.29, 1.82) is 0 Å². The van der Waals surface area contributed by atoms with Crippen molar-refractivity contribution in [2.45, 2.75) is 37.5 Å². The van der Waals surface area contributed by atoms with E-state index in [1.54, 1.807) is 0 Å². The molecular formula is C11H19NO2S. The SMILES string of the molecule is CCOC(=O)[C@H]1CCCC[C@]12NCCS2. The van der Waals surface area contributed by atoms with Crippen molar-refractivity contribution >= 4 is 17.7 Å². The average molecular weight is 229 g/mol. The molecule has 86 valence electrons. The summed E-state index contributed by atoms with van der Waals surface area (Å²) >= 11 is 1.92. The third-order valence-corrected chi connectivity index (χ3v) is 4.87. The first-order chi connectivity index (χ1) is 7.28. The highest BCUT2D eigenvalue weighted by Gasteiger charge is 2.47. The van der Waals surface area contributed by atoms with Crippen LogP contribution in [0.15, 0.2) is 0 Å². The van der Waals surface area contributed by atoms with Crippen molar-refractivity contribution in [3.05, 3.63) is 0 Å². The van der Waals surface area contributed by atoms with Gasteiger partial charge in [-0.05, 0) is 19.8 Å². The van der Waals surface area contributed by atoms with Crippen LogP contribution in [0.1, 0.15) is 32.6 Å². The number of thioether (sulfide) groups is 1. The summed E-state index contributed by atoms with van der Waals surface area (Å²) in [7, 11) is 0. The first-order valence-corrected chi connectivity index (χ1v) is 6.83. The minimum absolute atomic E-state index is 0.000833. The Labute approximate surface area is 95.3 Å². The Morgan fingerprint density at radius 3 is 3.13 bits per heavy atom. The highest BCUT2D eigenvalue weighted by atomic mass is 32.2. The van der Waals surface area contributed by atoms with Gasteiger partial charge in [0.25, 0.3) is 0 Å². The lowest BCUT2D eigenvalue weighted by atomic mass is 9.83. The standard InChI is InChI=1S/C11H19NO2S/c1-2-14-10(13)9-5-3-4-6-11(9)12-7-8-15-11/h9,12H,2-8H2,1H3/t9-,11-/m1/s1. The molecular weight excluding hydrogens is 210 g/mol. The molecule has 0 aromatic heterocycles. The second-order valence-electron chi connectivity index (χ2n) is 4.22. The van der Waals surface area contributed by atoms with Gasteiger partial charge in [0.05, 0.1) is 17.4 Å². The number of rotatable bonds is 2. The Morgan fingerprint density at radius 2 is 2.47 bits per heavy atom. The van der Waals surface area contributed by atoms with Gasteiger partial charge >= 0.3 is 5.97 Å². The van der Waals surface area contributed by atoms with Crippen LogP contribution in [0.4, 0.5) is 0 Å². The van der Waals surface area contributed by atoms with Crippen LogP contribution in [0, 0.1) is 5.92 Å². The Bertz CT molecular complexity index is 239. The zero-order chi connectivity index (χ0) is 10.7. The van der Waals surface area contributed by atoms with Crippen LogP contribution in [0.5, 0.6) is 0 Å². The monoisotopic (exact) mass is 229 g/mol. The minimum atomic E-state index is -0.000833. The Morgan fingerprint density at radius 1 is 1.60 bits per heavy atom. The van der Waals surface area contributed by atoms with Crippen molar-refractivity contribution in [3.63, 3.8) is 0 Å². The molecule has 1 saturated carbocycles. The second-order valence-corrected chi connectivity index (χ2v) is 5.64. The molecule has 0 amide bonds. The molecule has 1 spiro atoms. The van der Waals surface area contributed by atoms with Gasteiger partial charge in [-0.2, -0.15) is 0 Å². The van der Waals surface area contributed by atoms with E-state index in [0.29, 0.717) is 6.61 Å². The van der Waals surface area contributed by atoms with Crippen LogP contribution in [0.25, 0.3) is 0 Å². The van der Waals surface area contributed by atoms with Crippen LogP contribution in [0.3, 0.4) is 0 Å². The molecule has 0 unspecified atom stereocenters. The molecule has 1 heterocycles. The van der Waals surface area contributed by atoms with Crippen LogP contribution >= 0.6 is 11.8 Å². The zero-order valence-electron chi connectivity index (χ0n) is 9.25. The van der Waals surface area contributed by atoms with Crippen molar-refractivity contribution in [1.82, 2.24) is 5.32 Å². The maximum atomic E-state index is 11.9. The van der Waals surface area contributed by atoms with Gasteiger partial charge in [-0.25, -0.2) is 0 Å². The summed E-state index contributed by atoms with van der Waals surface area (Å²) in [5.74, 6) is 1.19. The normalized spacial score (nSPS) is 35.7. The van der Waals surface area contributed by atoms with Crippen molar-refractivity contribution in [2.75, 3.05) is 18.9 Å². The summed E-state index contributed by atoms with van der Waals surface area (Å²) in [4.78, 5) is 11.9. The quantitative estimate of drug-likeness (QED) is 0.732. The predicted octanol–water partition coefficient (Wildman–Crippen LogP) is 1.77. The summed E-state index contributed by atoms with van der Waals surface area (Å²) < 4.78 is 5.18. The number of hydrogen-bond acceptors (Lipinski definition) is 4. The molecule has 4 heteroatoms. The molecule has 3 nitrogen and oxygen atoms in total. The number of ether oxygens (including phenoxy) is 1. The van der Waals surface area contributed by atoms with E-state index in [-0.39, 0.29) is 16.8 Å². The molecule has 1 saturated heterocycles. The fourth-order valence-corrected chi connectivity index (χ4v) is 4.10. The van der Waals surface area contributed by atoms with Gasteiger partial charge in [-0.15, -0.1) is 11.8 Å². The molecule has 2 rings (SSSR count). The van der Waals surface area contributed by atoms with Crippen molar-refractivity contribution < 1.29 is 9.53 Å². The third kappa shape index (κ3) is 2.16. The van der Waals surface area contributed by atoms with Gasteiger partial charge in [0.1, 0.15) is 0 Å². The molecule has 0 bridgehead atoms. The van der Waals surface area contributed by atoms with E-state index in [1.165, 1.54) is 6.42 Å². The van der Waals surface area contributed by atoms with Gasteiger partial charge in [-0.3, -0.25) is 4.79 Å². The first kappa shape index (κ1) is 11.3. The second kappa shape index (κ2) is 4.74. The van der Waals surface area contributed by atoms with Gasteiger partial charge < -0.3 is 10.1 Å². The van der Waals surface area contributed by atoms with E-state index in [9.17, 15) is 4.79 Å². The number of nitrogens with one attached hydrogen (secondary N) is 1. The Balaban J connectivity index is 2.08. The molecule has 1 aliphatic heterocycles. The number of carbonyl (C=O) groups excluding carboxylic acids is 1. The highest BCUT2D eigenvalue weighted by molar-refractivity contribution is 8.00. The van der Waals surface area contributed by atoms with Crippen LogP contribution in [0.2, 0.25) is 0 Å². The van der Waals surface area contributed by atoms with E-state index >= 15 is 0 Å². The first-order valence-electron chi connectivity index (χ1n) is 5.84. The van der Waals surface area contributed by atoms with Crippen molar-refractivity contribution in [2.24, 2.45) is 5.92 Å². The summed E-state index contributed by atoms with van der Waals surface area (Å²) in [6, 6.07) is 0. The van der Waals surface area contributed by atoms with Gasteiger partial charge in [0.15, 0.2) is 0 Å². The highest BCUT2D eigenvalue weighted by Crippen LogP contribution is 2.45. The summed E-state index contributed by atoms with van der Waals surface area (Å²) in [6.45, 7) is 3.40. The summed E-state index contributed by atoms with van der Waals surface area (Å²) in [6.07, 6.45) is 4.49. The fourth-order valence-electron chi connectivity index (χ4n) is 2.63. The number of hydrogen-bond donors (Lipinski definition) is 1. The molecule has 1 aliphatic carbocycles. The maximum absolute atomic E-state index is 11.9. The Hall–Kier alpha value is -0.220. The lowest BCUT2D eigenvalue weighted by molar-refractivity contribution is -0.150. The van der Waals surface area contributed by atoms with E-state index in [4.69, 9.17) is 4.74 Å². The molecule has 2 aliphatic rings. The van der Waals surface area contributed by atoms with Crippen LogP contribution in [-0.4, -0.2) is 29.7 Å². The molecule has 0 aromatic carbocycles. The van der Waals surface area contributed by atoms with Crippen LogP contribution < -0.4 is 5.32 Å². The lowest BCUT2D eigenvalue weighted by Crippen LogP contribution is -2.50. The topological polar surface area (TPSA) is 38.3 Å². The predicted molar refractivity (Wildman–Crippen MR) is 61.8 cm³/mol.